The Bertz CT molecular complexity index is 785. The zero-order valence-electron chi connectivity index (χ0n) is 13.8. The van der Waals surface area contributed by atoms with Crippen LogP contribution in [0.1, 0.15) is 22.7 Å². The molecule has 130 valence electrons. The summed E-state index contributed by atoms with van der Waals surface area (Å²) in [5.41, 5.74) is 2.29. The molecule has 1 heterocycles. The third-order valence-corrected chi connectivity index (χ3v) is 4.12. The third-order valence-electron chi connectivity index (χ3n) is 4.12. The Balaban J connectivity index is 1.70. The molecule has 3 rings (SSSR count). The maximum atomic E-state index is 12.3. The first-order valence-corrected chi connectivity index (χ1v) is 7.97. The number of rotatable bonds is 6. The first-order valence-electron chi connectivity index (χ1n) is 7.97. The molecule has 1 amide bonds. The van der Waals surface area contributed by atoms with Gasteiger partial charge in [-0.05, 0) is 41.0 Å². The van der Waals surface area contributed by atoms with Crippen molar-refractivity contribution >= 4 is 11.9 Å². The quantitative estimate of drug-likeness (QED) is 0.841. The average molecular weight is 341 g/mol. The van der Waals surface area contributed by atoms with Gasteiger partial charge in [0.25, 0.3) is 0 Å². The Hall–Kier alpha value is -3.02. The SMILES string of the molecule is COc1ccc(CC(=O)NC(C(=O)O)c2ccc3c(c2)CCO3)cc1. The highest BCUT2D eigenvalue weighted by molar-refractivity contribution is 5.85. The summed E-state index contributed by atoms with van der Waals surface area (Å²) >= 11 is 0. The minimum atomic E-state index is -1.10. The van der Waals surface area contributed by atoms with Crippen molar-refractivity contribution in [1.82, 2.24) is 5.32 Å². The molecule has 0 saturated carbocycles. The molecular weight excluding hydrogens is 322 g/mol. The van der Waals surface area contributed by atoms with Gasteiger partial charge in [0.05, 0.1) is 20.1 Å². The second-order valence-electron chi connectivity index (χ2n) is 5.83. The highest BCUT2D eigenvalue weighted by Gasteiger charge is 2.24. The number of hydrogen-bond acceptors (Lipinski definition) is 4. The molecule has 1 atom stereocenters. The van der Waals surface area contributed by atoms with Crippen molar-refractivity contribution < 1.29 is 24.2 Å². The van der Waals surface area contributed by atoms with Gasteiger partial charge < -0.3 is 19.9 Å². The topological polar surface area (TPSA) is 84.9 Å². The molecule has 0 spiro atoms. The first kappa shape index (κ1) is 16.8. The number of hydrogen-bond donors (Lipinski definition) is 2. The predicted octanol–water partition coefficient (Wildman–Crippen LogP) is 2.11. The van der Waals surface area contributed by atoms with Crippen LogP contribution in [-0.2, 0) is 22.4 Å². The summed E-state index contributed by atoms with van der Waals surface area (Å²) in [4.78, 5) is 23.9. The van der Waals surface area contributed by atoms with Crippen molar-refractivity contribution in [2.24, 2.45) is 0 Å². The number of aliphatic carboxylic acids is 1. The van der Waals surface area contributed by atoms with Crippen LogP contribution >= 0.6 is 0 Å². The van der Waals surface area contributed by atoms with Gasteiger partial charge in [0.2, 0.25) is 5.91 Å². The smallest absolute Gasteiger partial charge is 0.330 e. The molecule has 0 radical (unpaired) electrons. The number of benzene rings is 2. The molecule has 2 aromatic rings. The monoisotopic (exact) mass is 341 g/mol. The highest BCUT2D eigenvalue weighted by atomic mass is 16.5. The zero-order valence-corrected chi connectivity index (χ0v) is 13.8. The molecule has 25 heavy (non-hydrogen) atoms. The van der Waals surface area contributed by atoms with Crippen LogP contribution in [0.2, 0.25) is 0 Å². The van der Waals surface area contributed by atoms with E-state index < -0.39 is 12.0 Å². The molecule has 0 aromatic heterocycles. The highest BCUT2D eigenvalue weighted by Crippen LogP contribution is 2.28. The van der Waals surface area contributed by atoms with Gasteiger partial charge in [-0.3, -0.25) is 4.79 Å². The van der Waals surface area contributed by atoms with E-state index in [1.807, 2.05) is 0 Å². The minimum Gasteiger partial charge on any atom is -0.497 e. The van der Waals surface area contributed by atoms with Crippen LogP contribution in [0.5, 0.6) is 11.5 Å². The predicted molar refractivity (Wildman–Crippen MR) is 90.9 cm³/mol. The summed E-state index contributed by atoms with van der Waals surface area (Å²) in [7, 11) is 1.57. The van der Waals surface area contributed by atoms with Gasteiger partial charge in [0.15, 0.2) is 6.04 Å². The van der Waals surface area contributed by atoms with Crippen LogP contribution in [0, 0.1) is 0 Å². The molecule has 0 bridgehead atoms. The van der Waals surface area contributed by atoms with Crippen molar-refractivity contribution in [3.05, 3.63) is 59.2 Å². The van der Waals surface area contributed by atoms with E-state index in [1.165, 1.54) is 0 Å². The van der Waals surface area contributed by atoms with E-state index >= 15 is 0 Å². The van der Waals surface area contributed by atoms with E-state index in [-0.39, 0.29) is 12.3 Å². The summed E-state index contributed by atoms with van der Waals surface area (Å²) < 4.78 is 10.5. The molecule has 6 nitrogen and oxygen atoms in total. The Labute approximate surface area is 145 Å². The number of amides is 1. The molecule has 1 unspecified atom stereocenters. The average Bonchev–Trinajstić information content (AvgIpc) is 3.07. The van der Waals surface area contributed by atoms with Crippen molar-refractivity contribution in [3.8, 4) is 11.5 Å². The lowest BCUT2D eigenvalue weighted by Gasteiger charge is -2.16. The summed E-state index contributed by atoms with van der Waals surface area (Å²) in [6.45, 7) is 0.598. The van der Waals surface area contributed by atoms with Crippen LogP contribution < -0.4 is 14.8 Å². The molecule has 1 aliphatic heterocycles. The number of carbonyl (C=O) groups is 2. The maximum Gasteiger partial charge on any atom is 0.330 e. The number of ether oxygens (including phenoxy) is 2. The molecule has 2 N–H and O–H groups in total. The Kier molecular flexibility index (Phi) is 4.88. The molecule has 0 fully saturated rings. The summed E-state index contributed by atoms with van der Waals surface area (Å²) in [6, 6.07) is 11.2. The fraction of sp³-hybridized carbons (Fsp3) is 0.263. The van der Waals surface area contributed by atoms with Crippen LogP contribution in [-0.4, -0.2) is 30.7 Å². The summed E-state index contributed by atoms with van der Waals surface area (Å²) in [5, 5.41) is 12.1. The van der Waals surface area contributed by atoms with Gasteiger partial charge in [0.1, 0.15) is 11.5 Å². The summed E-state index contributed by atoms with van der Waals surface area (Å²) in [6.07, 6.45) is 0.844. The van der Waals surface area contributed by atoms with Gasteiger partial charge >= 0.3 is 5.97 Å². The maximum absolute atomic E-state index is 12.3. The van der Waals surface area contributed by atoms with Gasteiger partial charge in [-0.15, -0.1) is 0 Å². The Morgan fingerprint density at radius 1 is 1.24 bits per heavy atom. The van der Waals surface area contributed by atoms with Crippen molar-refractivity contribution in [3.63, 3.8) is 0 Å². The van der Waals surface area contributed by atoms with Crippen LogP contribution in [0.15, 0.2) is 42.5 Å². The molecule has 2 aromatic carbocycles. The number of nitrogens with one attached hydrogen (secondary N) is 1. The molecule has 6 heteroatoms. The van der Waals surface area contributed by atoms with Crippen LogP contribution in [0.3, 0.4) is 0 Å². The lowest BCUT2D eigenvalue weighted by Crippen LogP contribution is -2.34. The minimum absolute atomic E-state index is 0.0990. The lowest BCUT2D eigenvalue weighted by molar-refractivity contribution is -0.141. The molecule has 0 aliphatic carbocycles. The van der Waals surface area contributed by atoms with E-state index in [2.05, 4.69) is 5.32 Å². The van der Waals surface area contributed by atoms with E-state index in [9.17, 15) is 14.7 Å². The molecule has 1 aliphatic rings. The van der Waals surface area contributed by atoms with Crippen molar-refractivity contribution in [2.45, 2.75) is 18.9 Å². The summed E-state index contributed by atoms with van der Waals surface area (Å²) in [5.74, 6) is 0.0293. The number of carboxylic acid groups (broad SMARTS) is 1. The number of carboxylic acids is 1. The van der Waals surface area contributed by atoms with Gasteiger partial charge in [-0.25, -0.2) is 4.79 Å². The second kappa shape index (κ2) is 7.25. The van der Waals surface area contributed by atoms with Gasteiger partial charge in [-0.2, -0.15) is 0 Å². The zero-order chi connectivity index (χ0) is 17.8. The molecule has 0 saturated heterocycles. The third kappa shape index (κ3) is 3.91. The largest absolute Gasteiger partial charge is 0.497 e. The van der Waals surface area contributed by atoms with Gasteiger partial charge in [0, 0.05) is 6.42 Å². The lowest BCUT2D eigenvalue weighted by atomic mass is 10.0. The fourth-order valence-electron chi connectivity index (χ4n) is 2.81. The van der Waals surface area contributed by atoms with E-state index in [1.54, 1.807) is 49.6 Å². The van der Waals surface area contributed by atoms with Crippen molar-refractivity contribution in [1.29, 1.82) is 0 Å². The normalized spacial score (nSPS) is 13.5. The van der Waals surface area contributed by atoms with Crippen LogP contribution in [0.25, 0.3) is 0 Å². The van der Waals surface area contributed by atoms with Crippen LogP contribution in [0.4, 0.5) is 0 Å². The number of carbonyl (C=O) groups excluding carboxylic acids is 1. The van der Waals surface area contributed by atoms with Crippen molar-refractivity contribution in [2.75, 3.05) is 13.7 Å². The number of methoxy groups -OCH3 is 1. The van der Waals surface area contributed by atoms with E-state index in [0.29, 0.717) is 17.9 Å². The number of fused-ring (bicyclic) bond motifs is 1. The fourth-order valence-corrected chi connectivity index (χ4v) is 2.81. The standard InChI is InChI=1S/C19H19NO5/c1-24-15-5-2-12(3-6-15)10-17(21)20-18(19(22)23)14-4-7-16-13(11-14)8-9-25-16/h2-7,11,18H,8-10H2,1H3,(H,20,21)(H,22,23). The Morgan fingerprint density at radius 2 is 2.00 bits per heavy atom. The van der Waals surface area contributed by atoms with E-state index in [4.69, 9.17) is 9.47 Å². The first-order chi connectivity index (χ1) is 12.1. The molecular formula is C19H19NO5. The van der Waals surface area contributed by atoms with E-state index in [0.717, 1.165) is 23.3 Å². The Morgan fingerprint density at radius 3 is 2.68 bits per heavy atom. The second-order valence-corrected chi connectivity index (χ2v) is 5.83. The van der Waals surface area contributed by atoms with Gasteiger partial charge in [-0.1, -0.05) is 18.2 Å².